The maximum Gasteiger partial charge on any atom is 0.252 e. The molecule has 1 amide bonds. The normalized spacial score (nSPS) is 12.4. The number of rotatable bonds is 4. The Morgan fingerprint density at radius 2 is 1.81 bits per heavy atom. The smallest absolute Gasteiger partial charge is 0.252 e. The third kappa shape index (κ3) is 3.50. The largest absolute Gasteiger partial charge is 0.508 e. The van der Waals surface area contributed by atoms with Crippen LogP contribution in [0.5, 0.6) is 5.75 Å². The summed E-state index contributed by atoms with van der Waals surface area (Å²) in [4.78, 5) is 17.7. The molecule has 0 aliphatic rings. The molecule has 0 spiro atoms. The SMILES string of the molecule is Cc1[nH]nc2nc(-c3ccc(O)cc3)cc(C(=O)NC(C)(C)C(C)(C)N)c12. The zero-order valence-corrected chi connectivity index (χ0v) is 16.2. The molecule has 0 aliphatic heterocycles. The summed E-state index contributed by atoms with van der Waals surface area (Å²) in [5.41, 5.74) is 8.08. The van der Waals surface area contributed by atoms with Gasteiger partial charge < -0.3 is 16.2 Å². The predicted octanol–water partition coefficient (Wildman–Crippen LogP) is 2.88. The lowest BCUT2D eigenvalue weighted by Gasteiger charge is -2.39. The van der Waals surface area contributed by atoms with E-state index in [1.165, 1.54) is 0 Å². The number of hydrogen-bond acceptors (Lipinski definition) is 5. The van der Waals surface area contributed by atoms with E-state index in [1.54, 1.807) is 30.3 Å². The first-order valence-electron chi connectivity index (χ1n) is 8.76. The summed E-state index contributed by atoms with van der Waals surface area (Å²) >= 11 is 0. The molecular weight excluding hydrogens is 342 g/mol. The molecule has 2 heterocycles. The minimum Gasteiger partial charge on any atom is -0.508 e. The fourth-order valence-electron chi connectivity index (χ4n) is 2.65. The molecule has 2 aromatic heterocycles. The second-order valence-corrected chi connectivity index (χ2v) is 7.95. The monoisotopic (exact) mass is 367 g/mol. The fourth-order valence-corrected chi connectivity index (χ4v) is 2.65. The number of phenols is 1. The molecule has 3 rings (SSSR count). The molecular formula is C20H25N5O2. The van der Waals surface area contributed by atoms with Gasteiger partial charge in [0, 0.05) is 16.8 Å². The minimum atomic E-state index is -0.629. The van der Waals surface area contributed by atoms with E-state index in [0.717, 1.165) is 11.3 Å². The number of nitrogens with one attached hydrogen (secondary N) is 2. The molecule has 0 unspecified atom stereocenters. The summed E-state index contributed by atoms with van der Waals surface area (Å²) < 4.78 is 0. The lowest BCUT2D eigenvalue weighted by molar-refractivity contribution is 0.0877. The first kappa shape index (κ1) is 18.8. The van der Waals surface area contributed by atoms with Crippen LogP contribution < -0.4 is 11.1 Å². The zero-order chi connectivity index (χ0) is 20.0. The number of aromatic hydroxyl groups is 1. The number of fused-ring (bicyclic) bond motifs is 1. The minimum absolute atomic E-state index is 0.167. The summed E-state index contributed by atoms with van der Waals surface area (Å²) in [7, 11) is 0. The molecule has 7 heteroatoms. The Kier molecular flexibility index (Phi) is 4.43. The maximum atomic E-state index is 13.1. The van der Waals surface area contributed by atoms with Gasteiger partial charge in [-0.05, 0) is 65.0 Å². The van der Waals surface area contributed by atoms with Crippen LogP contribution in [0.2, 0.25) is 0 Å². The number of phenolic OH excluding ortho intramolecular Hbond substituents is 1. The van der Waals surface area contributed by atoms with E-state index in [4.69, 9.17) is 5.73 Å². The van der Waals surface area contributed by atoms with Gasteiger partial charge in [0.2, 0.25) is 0 Å². The van der Waals surface area contributed by atoms with Crippen molar-refractivity contribution in [1.82, 2.24) is 20.5 Å². The number of nitrogens with two attached hydrogens (primary N) is 1. The van der Waals surface area contributed by atoms with Crippen LogP contribution in [0.15, 0.2) is 30.3 Å². The molecule has 0 saturated carbocycles. The average Bonchev–Trinajstić information content (AvgIpc) is 2.94. The number of amides is 1. The van der Waals surface area contributed by atoms with Gasteiger partial charge in [-0.1, -0.05) is 0 Å². The van der Waals surface area contributed by atoms with Gasteiger partial charge in [0.1, 0.15) is 5.75 Å². The lowest BCUT2D eigenvalue weighted by Crippen LogP contribution is -2.62. The fraction of sp³-hybridized carbons (Fsp3) is 0.350. The van der Waals surface area contributed by atoms with Crippen molar-refractivity contribution >= 4 is 16.9 Å². The second-order valence-electron chi connectivity index (χ2n) is 7.95. The Morgan fingerprint density at radius 3 is 2.41 bits per heavy atom. The van der Waals surface area contributed by atoms with Crippen molar-refractivity contribution in [2.45, 2.75) is 45.7 Å². The van der Waals surface area contributed by atoms with Crippen LogP contribution >= 0.6 is 0 Å². The Balaban J connectivity index is 2.12. The number of carbonyl (C=O) groups is 1. The van der Waals surface area contributed by atoms with Crippen molar-refractivity contribution in [3.05, 3.63) is 41.6 Å². The van der Waals surface area contributed by atoms with Crippen molar-refractivity contribution < 1.29 is 9.90 Å². The first-order valence-corrected chi connectivity index (χ1v) is 8.76. The van der Waals surface area contributed by atoms with Crippen molar-refractivity contribution in [1.29, 1.82) is 0 Å². The van der Waals surface area contributed by atoms with Gasteiger partial charge >= 0.3 is 0 Å². The maximum absolute atomic E-state index is 13.1. The topological polar surface area (TPSA) is 117 Å². The molecule has 142 valence electrons. The first-order chi connectivity index (χ1) is 12.5. The highest BCUT2D eigenvalue weighted by molar-refractivity contribution is 6.07. The van der Waals surface area contributed by atoms with Crippen LogP contribution in [-0.4, -0.2) is 37.3 Å². The van der Waals surface area contributed by atoms with Crippen LogP contribution in [-0.2, 0) is 0 Å². The lowest BCUT2D eigenvalue weighted by atomic mass is 9.83. The van der Waals surface area contributed by atoms with E-state index < -0.39 is 11.1 Å². The van der Waals surface area contributed by atoms with E-state index in [-0.39, 0.29) is 11.7 Å². The number of aromatic amines is 1. The molecule has 0 atom stereocenters. The zero-order valence-electron chi connectivity index (χ0n) is 16.2. The van der Waals surface area contributed by atoms with Gasteiger partial charge in [-0.15, -0.1) is 0 Å². The standard InChI is InChI=1S/C20H25N5O2/c1-11-16-14(18(27)23-20(4,5)19(2,3)21)10-15(22-17(16)25-24-11)12-6-8-13(26)9-7-12/h6-10,26H,21H2,1-5H3,(H,23,27)(H,22,24,25). The molecule has 7 nitrogen and oxygen atoms in total. The predicted molar refractivity (Wildman–Crippen MR) is 106 cm³/mol. The van der Waals surface area contributed by atoms with Crippen LogP contribution in [0, 0.1) is 6.92 Å². The highest BCUT2D eigenvalue weighted by Crippen LogP contribution is 2.28. The number of nitrogens with zero attached hydrogens (tertiary/aromatic N) is 2. The molecule has 0 saturated heterocycles. The number of aromatic nitrogens is 3. The van der Waals surface area contributed by atoms with E-state index in [0.29, 0.717) is 22.3 Å². The number of aryl methyl sites for hydroxylation is 1. The highest BCUT2D eigenvalue weighted by atomic mass is 16.3. The number of H-pyrrole nitrogens is 1. The van der Waals surface area contributed by atoms with Gasteiger partial charge in [0.05, 0.1) is 22.2 Å². The van der Waals surface area contributed by atoms with Crippen molar-refractivity contribution in [2.24, 2.45) is 5.73 Å². The van der Waals surface area contributed by atoms with Gasteiger partial charge in [-0.3, -0.25) is 9.89 Å². The average molecular weight is 367 g/mol. The molecule has 3 aromatic rings. The number of benzene rings is 1. The highest BCUT2D eigenvalue weighted by Gasteiger charge is 2.35. The molecule has 0 radical (unpaired) electrons. The van der Waals surface area contributed by atoms with E-state index >= 15 is 0 Å². The molecule has 5 N–H and O–H groups in total. The molecule has 0 aliphatic carbocycles. The van der Waals surface area contributed by atoms with Crippen LogP contribution in [0.1, 0.15) is 43.7 Å². The number of pyridine rings is 1. The van der Waals surface area contributed by atoms with Gasteiger partial charge in [-0.25, -0.2) is 4.98 Å². The van der Waals surface area contributed by atoms with Crippen LogP contribution in [0.25, 0.3) is 22.3 Å². The second kappa shape index (κ2) is 6.35. The summed E-state index contributed by atoms with van der Waals surface area (Å²) in [5.74, 6) is -0.0733. The summed E-state index contributed by atoms with van der Waals surface area (Å²) in [5, 5.41) is 20.3. The molecule has 1 aromatic carbocycles. The molecule has 27 heavy (non-hydrogen) atoms. The van der Waals surface area contributed by atoms with Crippen molar-refractivity contribution in [3.8, 4) is 17.0 Å². The summed E-state index contributed by atoms with van der Waals surface area (Å²) in [6.07, 6.45) is 0. The third-order valence-corrected chi connectivity index (χ3v) is 5.15. The van der Waals surface area contributed by atoms with E-state index in [2.05, 4.69) is 20.5 Å². The Labute approximate surface area is 158 Å². The van der Waals surface area contributed by atoms with Crippen molar-refractivity contribution in [3.63, 3.8) is 0 Å². The Hall–Kier alpha value is -2.93. The van der Waals surface area contributed by atoms with Crippen LogP contribution in [0.3, 0.4) is 0 Å². The van der Waals surface area contributed by atoms with Gasteiger partial charge in [-0.2, -0.15) is 5.10 Å². The van der Waals surface area contributed by atoms with Crippen molar-refractivity contribution in [2.75, 3.05) is 0 Å². The van der Waals surface area contributed by atoms with Gasteiger partial charge in [0.15, 0.2) is 5.65 Å². The molecule has 0 bridgehead atoms. The summed E-state index contributed by atoms with van der Waals surface area (Å²) in [6, 6.07) is 8.40. The number of carbonyl (C=O) groups excluding carboxylic acids is 1. The van der Waals surface area contributed by atoms with Crippen LogP contribution in [0.4, 0.5) is 0 Å². The third-order valence-electron chi connectivity index (χ3n) is 5.15. The van der Waals surface area contributed by atoms with Gasteiger partial charge in [0.25, 0.3) is 5.91 Å². The van der Waals surface area contributed by atoms with E-state index in [9.17, 15) is 9.90 Å². The number of hydrogen-bond donors (Lipinski definition) is 4. The summed E-state index contributed by atoms with van der Waals surface area (Å²) in [6.45, 7) is 9.39. The Bertz CT molecular complexity index is 998. The van der Waals surface area contributed by atoms with E-state index in [1.807, 2.05) is 34.6 Å². The molecule has 0 fully saturated rings. The Morgan fingerprint density at radius 1 is 1.19 bits per heavy atom. The quantitative estimate of drug-likeness (QED) is 0.566.